The van der Waals surface area contributed by atoms with Crippen LogP contribution in [-0.4, -0.2) is 5.78 Å². The van der Waals surface area contributed by atoms with E-state index in [9.17, 15) is 4.79 Å². The molecule has 3 atom stereocenters. The molecule has 3 aliphatic carbocycles. The molecule has 0 radical (unpaired) electrons. The highest BCUT2D eigenvalue weighted by molar-refractivity contribution is 6.25. The first-order chi connectivity index (χ1) is 10.9. The van der Waals surface area contributed by atoms with Crippen LogP contribution in [0, 0.1) is 34.0 Å². The molecule has 1 nitrogen and oxygen atoms in total. The average Bonchev–Trinajstić information content (AvgIpc) is 2.52. The molecular weight excluding hydrogens is 304 g/mol. The van der Waals surface area contributed by atoms with E-state index in [0.717, 1.165) is 32.1 Å². The van der Waals surface area contributed by atoms with Gasteiger partial charge in [0.05, 0.1) is 5.41 Å². The van der Waals surface area contributed by atoms with Gasteiger partial charge >= 0.3 is 0 Å². The van der Waals surface area contributed by atoms with E-state index < -0.39 is 0 Å². The Morgan fingerprint density at radius 2 is 2.04 bits per heavy atom. The van der Waals surface area contributed by atoms with Crippen LogP contribution in [0.25, 0.3) is 0 Å². The second-order valence-corrected chi connectivity index (χ2v) is 8.56. The highest BCUT2D eigenvalue weighted by Gasteiger charge is 2.59. The first kappa shape index (κ1) is 16.8. The van der Waals surface area contributed by atoms with Crippen molar-refractivity contribution < 1.29 is 4.79 Å². The summed E-state index contributed by atoms with van der Waals surface area (Å²) in [7, 11) is 0. The van der Waals surface area contributed by atoms with Gasteiger partial charge in [0.1, 0.15) is 5.78 Å². The van der Waals surface area contributed by atoms with Crippen LogP contribution in [0.1, 0.15) is 65.7 Å². The second kappa shape index (κ2) is 5.82. The molecule has 0 aromatic rings. The monoisotopic (exact) mass is 330 g/mol. The zero-order chi connectivity index (χ0) is 16.7. The number of hydrogen-bond acceptors (Lipinski definition) is 1. The Bertz CT molecular complexity index is 630. The van der Waals surface area contributed by atoms with E-state index in [1.165, 1.54) is 17.5 Å². The van der Waals surface area contributed by atoms with E-state index in [1.54, 1.807) is 6.08 Å². The molecule has 0 aromatic heterocycles. The maximum Gasteiger partial charge on any atom is 0.138 e. The Hall–Kier alpha value is -1.00. The van der Waals surface area contributed by atoms with E-state index in [0.29, 0.717) is 18.1 Å². The van der Waals surface area contributed by atoms with E-state index in [2.05, 4.69) is 38.7 Å². The van der Waals surface area contributed by atoms with Crippen LogP contribution in [0.3, 0.4) is 0 Å². The smallest absolute Gasteiger partial charge is 0.138 e. The summed E-state index contributed by atoms with van der Waals surface area (Å²) >= 11 is 5.65. The molecule has 2 heteroatoms. The second-order valence-electron chi connectivity index (χ2n) is 8.31. The van der Waals surface area contributed by atoms with Crippen molar-refractivity contribution in [3.05, 3.63) is 23.3 Å². The van der Waals surface area contributed by atoms with Crippen molar-refractivity contribution in [2.45, 2.75) is 65.7 Å². The Kier molecular flexibility index (Phi) is 4.26. The number of ketones is 1. The number of hydrogen-bond donors (Lipinski definition) is 0. The molecule has 2 fully saturated rings. The summed E-state index contributed by atoms with van der Waals surface area (Å²) in [6.07, 6.45) is 11.6. The first-order valence-corrected chi connectivity index (χ1v) is 9.33. The number of carbonyl (C=O) groups is 1. The standard InChI is InChI=1S/C21H27ClO/c1-19(2)16-9-14-21(12-6-7-15-22)11-5-4-8-17(21)20(16,3)13-10-18(19)23/h7-8,15-16H,4-5,9-11,13-14H2,1-3H3/t16-,20-,21-/m0/s1. The largest absolute Gasteiger partial charge is 0.299 e. The van der Waals surface area contributed by atoms with E-state index in [-0.39, 0.29) is 16.2 Å². The Morgan fingerprint density at radius 3 is 2.78 bits per heavy atom. The minimum atomic E-state index is -0.207. The van der Waals surface area contributed by atoms with Gasteiger partial charge in [-0.15, -0.1) is 0 Å². The lowest BCUT2D eigenvalue weighted by Gasteiger charge is -2.59. The summed E-state index contributed by atoms with van der Waals surface area (Å²) in [5.41, 5.74) is 2.95. The molecule has 0 aromatic carbocycles. The zero-order valence-corrected chi connectivity index (χ0v) is 15.3. The first-order valence-electron chi connectivity index (χ1n) is 8.89. The highest BCUT2D eigenvalue weighted by Crippen LogP contribution is 2.65. The fourth-order valence-electron chi connectivity index (χ4n) is 5.68. The topological polar surface area (TPSA) is 17.1 Å². The van der Waals surface area contributed by atoms with Gasteiger partial charge in [-0.3, -0.25) is 4.79 Å². The summed E-state index contributed by atoms with van der Waals surface area (Å²) in [4.78, 5) is 12.5. The number of fused-ring (bicyclic) bond motifs is 3. The molecule has 0 saturated heterocycles. The van der Waals surface area contributed by atoms with Crippen molar-refractivity contribution in [3.8, 4) is 11.8 Å². The summed E-state index contributed by atoms with van der Waals surface area (Å²) in [6.45, 7) is 6.72. The molecular formula is C21H27ClO. The fraction of sp³-hybridized carbons (Fsp3) is 0.667. The van der Waals surface area contributed by atoms with Crippen molar-refractivity contribution in [2.75, 3.05) is 0 Å². The fourth-order valence-corrected chi connectivity index (χ4v) is 5.74. The maximum absolute atomic E-state index is 12.5. The Morgan fingerprint density at radius 1 is 1.26 bits per heavy atom. The van der Waals surface area contributed by atoms with Crippen LogP contribution < -0.4 is 0 Å². The van der Waals surface area contributed by atoms with Crippen LogP contribution in [-0.2, 0) is 4.79 Å². The molecule has 2 saturated carbocycles. The SMILES string of the molecule is CC1(C)C(=O)CC[C@]2(C)C3=CCCC[C@]3(C#CC=CCl)CC[C@@H]12. The minimum absolute atomic E-state index is 0.0103. The molecule has 3 aliphatic rings. The number of Topliss-reactive ketones (excluding diaryl/α,β-unsaturated/α-hetero) is 1. The number of halogens is 1. The molecule has 0 heterocycles. The third-order valence-electron chi connectivity index (χ3n) is 6.83. The van der Waals surface area contributed by atoms with Gasteiger partial charge < -0.3 is 0 Å². The minimum Gasteiger partial charge on any atom is -0.299 e. The van der Waals surface area contributed by atoms with Crippen LogP contribution in [0.5, 0.6) is 0 Å². The van der Waals surface area contributed by atoms with Crippen molar-refractivity contribution in [1.29, 1.82) is 0 Å². The Balaban J connectivity index is 2.07. The van der Waals surface area contributed by atoms with Gasteiger partial charge in [0.15, 0.2) is 0 Å². The Labute approximate surface area is 145 Å². The molecule has 0 N–H and O–H groups in total. The van der Waals surface area contributed by atoms with Crippen LogP contribution >= 0.6 is 11.6 Å². The number of carbonyl (C=O) groups excluding carboxylic acids is 1. The third kappa shape index (κ3) is 2.51. The molecule has 0 amide bonds. The maximum atomic E-state index is 12.5. The summed E-state index contributed by atoms with van der Waals surface area (Å²) in [6, 6.07) is 0. The lowest BCUT2D eigenvalue weighted by atomic mass is 9.44. The quantitative estimate of drug-likeness (QED) is 0.414. The predicted octanol–water partition coefficient (Wildman–Crippen LogP) is 5.64. The van der Waals surface area contributed by atoms with Gasteiger partial charge in [0, 0.05) is 17.4 Å². The molecule has 0 spiro atoms. The van der Waals surface area contributed by atoms with Gasteiger partial charge in [-0.25, -0.2) is 0 Å². The molecule has 3 rings (SSSR count). The summed E-state index contributed by atoms with van der Waals surface area (Å²) in [5.74, 6) is 7.62. The van der Waals surface area contributed by atoms with E-state index in [4.69, 9.17) is 11.6 Å². The van der Waals surface area contributed by atoms with Crippen LogP contribution in [0.15, 0.2) is 23.3 Å². The van der Waals surface area contributed by atoms with Gasteiger partial charge in [-0.05, 0) is 61.5 Å². The average molecular weight is 331 g/mol. The third-order valence-corrected chi connectivity index (χ3v) is 6.96. The van der Waals surface area contributed by atoms with E-state index >= 15 is 0 Å². The summed E-state index contributed by atoms with van der Waals surface area (Å²) < 4.78 is 0. The van der Waals surface area contributed by atoms with Crippen molar-refractivity contribution in [1.82, 2.24) is 0 Å². The molecule has 0 aliphatic heterocycles. The molecule has 124 valence electrons. The molecule has 0 bridgehead atoms. The predicted molar refractivity (Wildman–Crippen MR) is 96.0 cm³/mol. The summed E-state index contributed by atoms with van der Waals surface area (Å²) in [5, 5.41) is 0. The van der Waals surface area contributed by atoms with Crippen molar-refractivity contribution >= 4 is 17.4 Å². The van der Waals surface area contributed by atoms with Gasteiger partial charge in [0.2, 0.25) is 0 Å². The van der Waals surface area contributed by atoms with Crippen LogP contribution in [0.2, 0.25) is 0 Å². The lowest BCUT2D eigenvalue weighted by Crippen LogP contribution is -2.54. The normalized spacial score (nSPS) is 39.0. The van der Waals surface area contributed by atoms with Gasteiger partial charge in [-0.2, -0.15) is 0 Å². The molecule has 0 unspecified atom stereocenters. The van der Waals surface area contributed by atoms with Gasteiger partial charge in [0.25, 0.3) is 0 Å². The highest BCUT2D eigenvalue weighted by atomic mass is 35.5. The van der Waals surface area contributed by atoms with Crippen molar-refractivity contribution in [2.24, 2.45) is 22.2 Å². The van der Waals surface area contributed by atoms with Gasteiger partial charge in [-0.1, -0.05) is 50.3 Å². The lowest BCUT2D eigenvalue weighted by molar-refractivity contribution is -0.141. The number of allylic oxidation sites excluding steroid dienone is 3. The number of rotatable bonds is 0. The van der Waals surface area contributed by atoms with Crippen LogP contribution in [0.4, 0.5) is 0 Å². The van der Waals surface area contributed by atoms with Crippen molar-refractivity contribution in [3.63, 3.8) is 0 Å². The zero-order valence-electron chi connectivity index (χ0n) is 14.5. The molecule has 23 heavy (non-hydrogen) atoms. The van der Waals surface area contributed by atoms with E-state index in [1.807, 2.05) is 0 Å².